The molecule has 8 nitrogen and oxygen atoms in total. The maximum atomic E-state index is 12.8. The van der Waals surface area contributed by atoms with Gasteiger partial charge in [0.1, 0.15) is 10.8 Å². The van der Waals surface area contributed by atoms with Gasteiger partial charge in [-0.25, -0.2) is 4.79 Å². The van der Waals surface area contributed by atoms with E-state index >= 15 is 0 Å². The molecular weight excluding hydrogens is 420 g/mol. The third kappa shape index (κ3) is 4.51. The highest BCUT2D eigenvalue weighted by atomic mass is 32.1. The summed E-state index contributed by atoms with van der Waals surface area (Å²) in [7, 11) is 1.54. The van der Waals surface area contributed by atoms with Crippen LogP contribution in [0.1, 0.15) is 56.3 Å². The monoisotopic (exact) mass is 442 g/mol. The zero-order valence-electron chi connectivity index (χ0n) is 17.6. The average Bonchev–Trinajstić information content (AvgIpc) is 3.38. The smallest absolute Gasteiger partial charge is 0.341 e. The molecule has 0 fully saturated rings. The first-order chi connectivity index (χ1) is 14.9. The number of esters is 1. The molecule has 1 amide bonds. The minimum atomic E-state index is -0.600. The first-order valence-electron chi connectivity index (χ1n) is 9.66. The number of nitrogens with zero attached hydrogens (tertiary/aromatic N) is 1. The van der Waals surface area contributed by atoms with E-state index in [-0.39, 0.29) is 35.1 Å². The molecule has 0 unspecified atom stereocenters. The van der Waals surface area contributed by atoms with E-state index in [4.69, 9.17) is 14.0 Å². The standard InChI is InChI=1S/C22H22N2O6S/c1-5-15(25)19-12(3)18(22(27)29-6-2)21(31-19)23-20(26)14-11-17(30-24-14)13-9-7-8-10-16(13)28-4/h7-11H,5-6H2,1-4H3,(H,23,26). The van der Waals surface area contributed by atoms with E-state index in [9.17, 15) is 14.4 Å². The number of amides is 1. The Morgan fingerprint density at radius 1 is 1.19 bits per heavy atom. The lowest BCUT2D eigenvalue weighted by Crippen LogP contribution is -2.15. The number of para-hydroxylation sites is 1. The van der Waals surface area contributed by atoms with Crippen LogP contribution in [-0.2, 0) is 4.74 Å². The zero-order chi connectivity index (χ0) is 22.5. The van der Waals surface area contributed by atoms with Crippen molar-refractivity contribution in [2.45, 2.75) is 27.2 Å². The van der Waals surface area contributed by atoms with Crippen LogP contribution in [0.5, 0.6) is 5.75 Å². The largest absolute Gasteiger partial charge is 0.496 e. The lowest BCUT2D eigenvalue weighted by Gasteiger charge is -2.05. The number of benzene rings is 1. The zero-order valence-corrected chi connectivity index (χ0v) is 18.4. The number of aromatic nitrogens is 1. The number of rotatable bonds is 8. The van der Waals surface area contributed by atoms with Crippen molar-refractivity contribution in [2.24, 2.45) is 0 Å². The Kier molecular flexibility index (Phi) is 6.86. The quantitative estimate of drug-likeness (QED) is 0.396. The second-order valence-corrected chi connectivity index (χ2v) is 7.51. The van der Waals surface area contributed by atoms with Crippen molar-refractivity contribution in [3.8, 4) is 17.1 Å². The number of thiophene rings is 1. The van der Waals surface area contributed by atoms with Crippen molar-refractivity contribution in [3.05, 3.63) is 52.0 Å². The Bertz CT molecular complexity index is 1130. The molecule has 31 heavy (non-hydrogen) atoms. The van der Waals surface area contributed by atoms with Crippen molar-refractivity contribution in [1.82, 2.24) is 5.16 Å². The van der Waals surface area contributed by atoms with Gasteiger partial charge < -0.3 is 19.3 Å². The van der Waals surface area contributed by atoms with E-state index < -0.39 is 11.9 Å². The predicted octanol–water partition coefficient (Wildman–Crippen LogP) is 4.74. The van der Waals surface area contributed by atoms with E-state index in [2.05, 4.69) is 10.5 Å². The van der Waals surface area contributed by atoms with Gasteiger partial charge in [0.05, 0.1) is 29.7 Å². The number of ether oxygens (including phenoxy) is 2. The summed E-state index contributed by atoms with van der Waals surface area (Å²) < 4.78 is 15.7. The highest BCUT2D eigenvalue weighted by molar-refractivity contribution is 7.18. The fourth-order valence-electron chi connectivity index (χ4n) is 3.00. The summed E-state index contributed by atoms with van der Waals surface area (Å²) in [4.78, 5) is 37.9. The average molecular weight is 442 g/mol. The summed E-state index contributed by atoms with van der Waals surface area (Å²) in [5.74, 6) is -0.360. The molecule has 1 aromatic carbocycles. The Hall–Kier alpha value is -3.46. The fraction of sp³-hybridized carbons (Fsp3) is 0.273. The number of hydrogen-bond acceptors (Lipinski definition) is 8. The van der Waals surface area contributed by atoms with Gasteiger partial charge in [0.25, 0.3) is 5.91 Å². The Morgan fingerprint density at radius 3 is 2.61 bits per heavy atom. The van der Waals surface area contributed by atoms with Gasteiger partial charge in [-0.2, -0.15) is 0 Å². The van der Waals surface area contributed by atoms with Gasteiger partial charge in [-0.05, 0) is 31.5 Å². The molecule has 2 aromatic heterocycles. The Balaban J connectivity index is 1.92. The number of carbonyl (C=O) groups is 3. The molecule has 2 heterocycles. The molecule has 9 heteroatoms. The van der Waals surface area contributed by atoms with Crippen LogP contribution in [0.25, 0.3) is 11.3 Å². The highest BCUT2D eigenvalue weighted by Gasteiger charge is 2.27. The second kappa shape index (κ2) is 9.57. The number of Topliss-reactive ketones (excluding diaryl/α,β-unsaturated/α-hetero) is 1. The van der Waals surface area contributed by atoms with Crippen LogP contribution in [0.2, 0.25) is 0 Å². The molecule has 0 saturated heterocycles. The van der Waals surface area contributed by atoms with Crippen LogP contribution in [0.4, 0.5) is 5.00 Å². The van der Waals surface area contributed by atoms with E-state index in [1.807, 2.05) is 12.1 Å². The molecule has 0 saturated carbocycles. The number of nitrogens with one attached hydrogen (secondary N) is 1. The van der Waals surface area contributed by atoms with Gasteiger partial charge in [0.2, 0.25) is 0 Å². The molecule has 0 atom stereocenters. The maximum absolute atomic E-state index is 12.8. The van der Waals surface area contributed by atoms with Crippen molar-refractivity contribution >= 4 is 34.0 Å². The molecular formula is C22H22N2O6S. The third-order valence-electron chi connectivity index (χ3n) is 4.54. The van der Waals surface area contributed by atoms with Crippen LogP contribution >= 0.6 is 11.3 Å². The first kappa shape index (κ1) is 22.2. The van der Waals surface area contributed by atoms with E-state index in [1.54, 1.807) is 32.9 Å². The predicted molar refractivity (Wildman–Crippen MR) is 116 cm³/mol. The molecule has 0 aliphatic carbocycles. The Labute approximate surface area is 183 Å². The number of methoxy groups -OCH3 is 1. The van der Waals surface area contributed by atoms with E-state index in [1.165, 1.54) is 13.2 Å². The molecule has 0 aliphatic heterocycles. The highest BCUT2D eigenvalue weighted by Crippen LogP contribution is 2.35. The molecule has 0 bridgehead atoms. The summed E-state index contributed by atoms with van der Waals surface area (Å²) >= 11 is 1.04. The topological polar surface area (TPSA) is 108 Å². The summed E-state index contributed by atoms with van der Waals surface area (Å²) in [6, 6.07) is 8.66. The summed E-state index contributed by atoms with van der Waals surface area (Å²) in [5, 5.41) is 6.74. The SMILES string of the molecule is CCOC(=O)c1c(NC(=O)c2cc(-c3ccccc3OC)on2)sc(C(=O)CC)c1C. The maximum Gasteiger partial charge on any atom is 0.341 e. The lowest BCUT2D eigenvalue weighted by atomic mass is 10.1. The van der Waals surface area contributed by atoms with Crippen LogP contribution in [-0.4, -0.2) is 36.5 Å². The van der Waals surface area contributed by atoms with Crippen molar-refractivity contribution in [3.63, 3.8) is 0 Å². The van der Waals surface area contributed by atoms with Gasteiger partial charge in [0.15, 0.2) is 17.2 Å². The number of hydrogen-bond donors (Lipinski definition) is 1. The van der Waals surface area contributed by atoms with Crippen LogP contribution in [0.3, 0.4) is 0 Å². The minimum Gasteiger partial charge on any atom is -0.496 e. The van der Waals surface area contributed by atoms with Crippen LogP contribution in [0.15, 0.2) is 34.9 Å². The van der Waals surface area contributed by atoms with Crippen molar-refractivity contribution in [2.75, 3.05) is 19.0 Å². The number of anilines is 1. The number of carbonyl (C=O) groups excluding carboxylic acids is 3. The Morgan fingerprint density at radius 2 is 1.94 bits per heavy atom. The fourth-order valence-corrected chi connectivity index (χ4v) is 4.20. The molecule has 0 radical (unpaired) electrons. The molecule has 3 rings (SSSR count). The summed E-state index contributed by atoms with van der Waals surface area (Å²) in [5.41, 5.74) is 1.32. The van der Waals surface area contributed by atoms with Gasteiger partial charge in [-0.15, -0.1) is 11.3 Å². The van der Waals surface area contributed by atoms with E-state index in [0.717, 1.165) is 11.3 Å². The molecule has 0 aliphatic rings. The second-order valence-electron chi connectivity index (χ2n) is 6.49. The van der Waals surface area contributed by atoms with Crippen molar-refractivity contribution in [1.29, 1.82) is 0 Å². The molecule has 1 N–H and O–H groups in total. The lowest BCUT2D eigenvalue weighted by molar-refractivity contribution is 0.0527. The number of ketones is 1. The molecule has 162 valence electrons. The van der Waals surface area contributed by atoms with E-state index in [0.29, 0.717) is 27.5 Å². The summed E-state index contributed by atoms with van der Waals surface area (Å²) in [6.07, 6.45) is 0.280. The third-order valence-corrected chi connectivity index (χ3v) is 5.79. The van der Waals surface area contributed by atoms with Crippen molar-refractivity contribution < 1.29 is 28.4 Å². The van der Waals surface area contributed by atoms with Gasteiger partial charge in [-0.3, -0.25) is 9.59 Å². The molecule has 3 aromatic rings. The van der Waals surface area contributed by atoms with Crippen LogP contribution in [0, 0.1) is 6.92 Å². The van der Waals surface area contributed by atoms with Gasteiger partial charge in [0, 0.05) is 12.5 Å². The minimum absolute atomic E-state index is 0.0186. The van der Waals surface area contributed by atoms with Crippen LogP contribution < -0.4 is 10.1 Å². The first-order valence-corrected chi connectivity index (χ1v) is 10.5. The molecule has 0 spiro atoms. The van der Waals surface area contributed by atoms with Gasteiger partial charge >= 0.3 is 5.97 Å². The summed E-state index contributed by atoms with van der Waals surface area (Å²) in [6.45, 7) is 5.25. The normalized spacial score (nSPS) is 10.6. The van der Waals surface area contributed by atoms with Gasteiger partial charge in [-0.1, -0.05) is 24.2 Å².